The number of carbonyl (C=O) groups is 1. The first-order valence-corrected chi connectivity index (χ1v) is 7.53. The van der Waals surface area contributed by atoms with Crippen LogP contribution in [0.2, 0.25) is 0 Å². The van der Waals surface area contributed by atoms with Crippen molar-refractivity contribution in [3.63, 3.8) is 0 Å². The number of hydrogen-bond acceptors (Lipinski definition) is 3. The molecule has 21 heavy (non-hydrogen) atoms. The molecule has 1 aromatic carbocycles. The first kappa shape index (κ1) is 15.7. The van der Waals surface area contributed by atoms with Gasteiger partial charge >= 0.3 is 0 Å². The SMILES string of the molecule is Cc1cc(C)cc(C2=NN(C(=O)CCCN)C(C)(C)C2)c1. The van der Waals surface area contributed by atoms with Gasteiger partial charge in [-0.2, -0.15) is 5.10 Å². The van der Waals surface area contributed by atoms with E-state index >= 15 is 0 Å². The summed E-state index contributed by atoms with van der Waals surface area (Å²) in [7, 11) is 0. The Labute approximate surface area is 127 Å². The fraction of sp³-hybridized carbons (Fsp3) is 0.529. The maximum atomic E-state index is 12.3. The Morgan fingerprint density at radius 3 is 2.48 bits per heavy atom. The molecule has 2 rings (SSSR count). The van der Waals surface area contributed by atoms with E-state index in [-0.39, 0.29) is 11.4 Å². The molecule has 2 N–H and O–H groups in total. The van der Waals surface area contributed by atoms with Gasteiger partial charge in [0.25, 0.3) is 0 Å². The molecule has 0 atom stereocenters. The van der Waals surface area contributed by atoms with Gasteiger partial charge in [0.05, 0.1) is 11.3 Å². The minimum absolute atomic E-state index is 0.0600. The zero-order chi connectivity index (χ0) is 15.6. The van der Waals surface area contributed by atoms with Gasteiger partial charge in [-0.15, -0.1) is 0 Å². The van der Waals surface area contributed by atoms with Crippen LogP contribution in [0.15, 0.2) is 23.3 Å². The number of aryl methyl sites for hydroxylation is 2. The van der Waals surface area contributed by atoms with Crippen molar-refractivity contribution in [3.8, 4) is 0 Å². The second-order valence-corrected chi connectivity index (χ2v) is 6.51. The fourth-order valence-electron chi connectivity index (χ4n) is 2.83. The van der Waals surface area contributed by atoms with Crippen LogP contribution in [0.4, 0.5) is 0 Å². The van der Waals surface area contributed by atoms with Gasteiger partial charge in [0.15, 0.2) is 0 Å². The molecular formula is C17H25N3O. The fourth-order valence-corrected chi connectivity index (χ4v) is 2.83. The number of nitrogens with zero attached hydrogens (tertiary/aromatic N) is 2. The quantitative estimate of drug-likeness (QED) is 0.925. The second kappa shape index (κ2) is 5.98. The van der Waals surface area contributed by atoms with Crippen LogP contribution in [0.1, 0.15) is 49.8 Å². The standard InChI is InChI=1S/C17H25N3O/c1-12-8-13(2)10-14(9-12)15-11-17(3,4)20(19-15)16(21)6-5-7-18/h8-10H,5-7,11,18H2,1-4H3. The summed E-state index contributed by atoms with van der Waals surface area (Å²) in [4.78, 5) is 12.3. The van der Waals surface area contributed by atoms with Crippen LogP contribution in [0.5, 0.6) is 0 Å². The highest BCUT2D eigenvalue weighted by Crippen LogP contribution is 2.30. The van der Waals surface area contributed by atoms with Crippen molar-refractivity contribution in [2.75, 3.05) is 6.54 Å². The van der Waals surface area contributed by atoms with Crippen molar-refractivity contribution in [2.45, 2.75) is 52.5 Å². The van der Waals surface area contributed by atoms with E-state index in [0.717, 1.165) is 17.7 Å². The van der Waals surface area contributed by atoms with Crippen molar-refractivity contribution >= 4 is 11.6 Å². The average Bonchev–Trinajstić information content (AvgIpc) is 2.71. The molecule has 0 radical (unpaired) electrons. The lowest BCUT2D eigenvalue weighted by molar-refractivity contribution is -0.135. The maximum Gasteiger partial charge on any atom is 0.243 e. The lowest BCUT2D eigenvalue weighted by atomic mass is 9.93. The Kier molecular flexibility index (Phi) is 4.47. The van der Waals surface area contributed by atoms with Crippen molar-refractivity contribution in [1.82, 2.24) is 5.01 Å². The van der Waals surface area contributed by atoms with Crippen LogP contribution in [-0.2, 0) is 4.79 Å². The first-order chi connectivity index (χ1) is 9.83. The predicted octanol–water partition coefficient (Wildman–Crippen LogP) is 2.76. The molecular weight excluding hydrogens is 262 g/mol. The molecule has 4 nitrogen and oxygen atoms in total. The van der Waals surface area contributed by atoms with Crippen molar-refractivity contribution in [3.05, 3.63) is 34.9 Å². The molecule has 114 valence electrons. The van der Waals surface area contributed by atoms with E-state index in [4.69, 9.17) is 5.73 Å². The van der Waals surface area contributed by atoms with Crippen molar-refractivity contribution in [1.29, 1.82) is 0 Å². The molecule has 0 saturated heterocycles. The number of hydrogen-bond donors (Lipinski definition) is 1. The van der Waals surface area contributed by atoms with Crippen LogP contribution in [0.25, 0.3) is 0 Å². The lowest BCUT2D eigenvalue weighted by Gasteiger charge is -2.28. The largest absolute Gasteiger partial charge is 0.330 e. The van der Waals surface area contributed by atoms with E-state index in [0.29, 0.717) is 19.4 Å². The number of nitrogens with two attached hydrogens (primary N) is 1. The Balaban J connectivity index is 2.27. The zero-order valence-corrected chi connectivity index (χ0v) is 13.4. The van der Waals surface area contributed by atoms with E-state index in [1.54, 1.807) is 5.01 Å². The Bertz CT molecular complexity index is 555. The van der Waals surface area contributed by atoms with Crippen molar-refractivity contribution in [2.24, 2.45) is 10.8 Å². The molecule has 0 aromatic heterocycles. The summed E-state index contributed by atoms with van der Waals surface area (Å²) in [6.07, 6.45) is 1.95. The molecule has 1 aromatic rings. The predicted molar refractivity (Wildman–Crippen MR) is 86.3 cm³/mol. The molecule has 4 heteroatoms. The third-order valence-corrected chi connectivity index (χ3v) is 3.78. The number of carbonyl (C=O) groups excluding carboxylic acids is 1. The average molecular weight is 287 g/mol. The maximum absolute atomic E-state index is 12.3. The van der Waals surface area contributed by atoms with Crippen LogP contribution in [0.3, 0.4) is 0 Å². The monoisotopic (exact) mass is 287 g/mol. The van der Waals surface area contributed by atoms with Gasteiger partial charge in [0.2, 0.25) is 5.91 Å². The van der Waals surface area contributed by atoms with Gasteiger partial charge < -0.3 is 5.73 Å². The summed E-state index contributed by atoms with van der Waals surface area (Å²) in [5.74, 6) is 0.0600. The highest BCUT2D eigenvalue weighted by Gasteiger charge is 2.38. The van der Waals surface area contributed by atoms with E-state index in [1.807, 2.05) is 0 Å². The highest BCUT2D eigenvalue weighted by atomic mass is 16.2. The van der Waals surface area contributed by atoms with Gasteiger partial charge in [-0.25, -0.2) is 5.01 Å². The molecule has 0 bridgehead atoms. The molecule has 0 spiro atoms. The summed E-state index contributed by atoms with van der Waals surface area (Å²) < 4.78 is 0. The Hall–Kier alpha value is -1.68. The molecule has 1 heterocycles. The van der Waals surface area contributed by atoms with E-state index in [1.165, 1.54) is 11.1 Å². The van der Waals surface area contributed by atoms with Gasteiger partial charge in [0.1, 0.15) is 0 Å². The lowest BCUT2D eigenvalue weighted by Crippen LogP contribution is -2.40. The Morgan fingerprint density at radius 1 is 1.29 bits per heavy atom. The summed E-state index contributed by atoms with van der Waals surface area (Å²) in [5.41, 5.74) is 9.78. The minimum atomic E-state index is -0.265. The van der Waals surface area contributed by atoms with E-state index < -0.39 is 0 Å². The minimum Gasteiger partial charge on any atom is -0.330 e. The smallest absolute Gasteiger partial charge is 0.243 e. The number of benzene rings is 1. The number of rotatable bonds is 4. The molecule has 0 unspecified atom stereocenters. The van der Waals surface area contributed by atoms with Gasteiger partial charge in [-0.1, -0.05) is 29.3 Å². The van der Waals surface area contributed by atoms with Crippen LogP contribution >= 0.6 is 0 Å². The second-order valence-electron chi connectivity index (χ2n) is 6.51. The third kappa shape index (κ3) is 3.50. The topological polar surface area (TPSA) is 58.7 Å². The van der Waals surface area contributed by atoms with Gasteiger partial charge in [-0.3, -0.25) is 4.79 Å². The zero-order valence-electron chi connectivity index (χ0n) is 13.4. The summed E-state index contributed by atoms with van der Waals surface area (Å²) >= 11 is 0. The highest BCUT2D eigenvalue weighted by molar-refractivity contribution is 6.03. The Morgan fingerprint density at radius 2 is 1.90 bits per heavy atom. The number of amides is 1. The van der Waals surface area contributed by atoms with Crippen LogP contribution in [0, 0.1) is 13.8 Å². The van der Waals surface area contributed by atoms with E-state index in [2.05, 4.69) is 51.0 Å². The van der Waals surface area contributed by atoms with Crippen LogP contribution < -0.4 is 5.73 Å². The molecule has 1 amide bonds. The van der Waals surface area contributed by atoms with Crippen molar-refractivity contribution < 1.29 is 4.79 Å². The van der Waals surface area contributed by atoms with Gasteiger partial charge in [-0.05, 0) is 46.2 Å². The van der Waals surface area contributed by atoms with Gasteiger partial charge in [0, 0.05) is 12.8 Å². The van der Waals surface area contributed by atoms with Crippen LogP contribution in [-0.4, -0.2) is 28.7 Å². The molecule has 0 aliphatic carbocycles. The summed E-state index contributed by atoms with van der Waals surface area (Å²) in [5, 5.41) is 6.25. The molecule has 0 saturated carbocycles. The molecule has 1 aliphatic heterocycles. The molecule has 0 fully saturated rings. The summed E-state index contributed by atoms with van der Waals surface area (Å²) in [6.45, 7) is 8.83. The molecule has 1 aliphatic rings. The van der Waals surface area contributed by atoms with E-state index in [9.17, 15) is 4.79 Å². The number of hydrazone groups is 1. The third-order valence-electron chi connectivity index (χ3n) is 3.78. The first-order valence-electron chi connectivity index (χ1n) is 7.53. The summed E-state index contributed by atoms with van der Waals surface area (Å²) in [6, 6.07) is 6.42. The normalized spacial score (nSPS) is 17.0.